The normalized spacial score (nSPS) is 14.3. The van der Waals surface area contributed by atoms with Crippen molar-refractivity contribution in [1.29, 1.82) is 0 Å². The number of nitrogens with zero attached hydrogens (tertiary/aromatic N) is 2. The number of carbonyl (C=O) groups excluding carboxylic acids is 1. The molecule has 1 aliphatic rings. The summed E-state index contributed by atoms with van der Waals surface area (Å²) in [7, 11) is 0. The highest BCUT2D eigenvalue weighted by Gasteiger charge is 2.22. The van der Waals surface area contributed by atoms with Crippen LogP contribution in [0.4, 0.5) is 0 Å². The molecule has 0 fully saturated rings. The first-order valence-electron chi connectivity index (χ1n) is 7.99. The molecule has 1 amide bonds. The van der Waals surface area contributed by atoms with Gasteiger partial charge in [-0.25, -0.2) is 0 Å². The van der Waals surface area contributed by atoms with E-state index in [1.54, 1.807) is 0 Å². The molecule has 0 saturated carbocycles. The zero-order valence-electron chi connectivity index (χ0n) is 13.1. The van der Waals surface area contributed by atoms with Gasteiger partial charge in [0.2, 0.25) is 0 Å². The van der Waals surface area contributed by atoms with Crippen molar-refractivity contribution in [1.82, 2.24) is 0 Å². The predicted molar refractivity (Wildman–Crippen MR) is 86.0 cm³/mol. The Morgan fingerprint density at radius 3 is 2.38 bits per heavy atom. The molecule has 112 valence electrons. The Morgan fingerprint density at radius 1 is 0.952 bits per heavy atom. The Balaban J connectivity index is 1.98. The van der Waals surface area contributed by atoms with E-state index in [-0.39, 0.29) is 5.91 Å². The third-order valence-corrected chi connectivity index (χ3v) is 3.95. The van der Waals surface area contributed by atoms with Gasteiger partial charge in [0, 0.05) is 0 Å². The van der Waals surface area contributed by atoms with Gasteiger partial charge in [-0.1, -0.05) is 63.3 Å². The molecule has 3 heteroatoms. The molecule has 0 aromatic heterocycles. The van der Waals surface area contributed by atoms with E-state index in [0.29, 0.717) is 5.57 Å². The lowest BCUT2D eigenvalue weighted by atomic mass is 9.94. The molecule has 1 aromatic rings. The molecule has 3 nitrogen and oxygen atoms in total. The van der Waals surface area contributed by atoms with E-state index in [0.717, 1.165) is 17.7 Å². The van der Waals surface area contributed by atoms with Crippen LogP contribution < -0.4 is 0 Å². The molecular weight excluding hydrogens is 260 g/mol. The minimum atomic E-state index is -0.206. The second kappa shape index (κ2) is 7.87. The fourth-order valence-corrected chi connectivity index (χ4v) is 2.76. The second-order valence-electron chi connectivity index (χ2n) is 5.64. The molecule has 0 radical (unpaired) electrons. The van der Waals surface area contributed by atoms with E-state index in [1.807, 2.05) is 25.1 Å². The summed E-state index contributed by atoms with van der Waals surface area (Å²) in [5.41, 5.74) is 3.66. The highest BCUT2D eigenvalue weighted by molar-refractivity contribution is 6.22. The van der Waals surface area contributed by atoms with Gasteiger partial charge >= 0.3 is 0 Å². The Kier molecular flexibility index (Phi) is 5.85. The van der Waals surface area contributed by atoms with Crippen LogP contribution in [0.2, 0.25) is 0 Å². The van der Waals surface area contributed by atoms with E-state index in [2.05, 4.69) is 23.2 Å². The average molecular weight is 284 g/mol. The summed E-state index contributed by atoms with van der Waals surface area (Å²) in [6.07, 6.45) is 8.71. The van der Waals surface area contributed by atoms with E-state index < -0.39 is 0 Å². The molecule has 0 N–H and O–H groups in total. The number of amides is 1. The van der Waals surface area contributed by atoms with Crippen molar-refractivity contribution in [2.24, 2.45) is 10.2 Å². The van der Waals surface area contributed by atoms with Crippen molar-refractivity contribution in [3.05, 3.63) is 41.1 Å². The summed E-state index contributed by atoms with van der Waals surface area (Å²) in [5, 5.41) is 7.56. The van der Waals surface area contributed by atoms with Gasteiger partial charge in [-0.2, -0.15) is 5.11 Å². The van der Waals surface area contributed by atoms with Gasteiger partial charge in [-0.05, 0) is 30.9 Å². The van der Waals surface area contributed by atoms with Crippen LogP contribution in [0.1, 0.15) is 63.5 Å². The average Bonchev–Trinajstić information content (AvgIpc) is 2.82. The van der Waals surface area contributed by atoms with Crippen molar-refractivity contribution >= 4 is 11.5 Å². The first-order valence-corrected chi connectivity index (χ1v) is 7.99. The van der Waals surface area contributed by atoms with Gasteiger partial charge in [-0.3, -0.25) is 4.79 Å². The summed E-state index contributed by atoms with van der Waals surface area (Å²) >= 11 is 0. The van der Waals surface area contributed by atoms with Crippen molar-refractivity contribution in [3.8, 4) is 0 Å². The van der Waals surface area contributed by atoms with Crippen molar-refractivity contribution in [2.45, 2.75) is 58.8 Å². The number of hydrogen-bond donors (Lipinski definition) is 0. The summed E-state index contributed by atoms with van der Waals surface area (Å²) in [6.45, 7) is 4.09. The van der Waals surface area contributed by atoms with Crippen LogP contribution in [-0.2, 0) is 11.2 Å². The van der Waals surface area contributed by atoms with Crippen LogP contribution in [0.25, 0.3) is 5.57 Å². The van der Waals surface area contributed by atoms with Gasteiger partial charge in [0.15, 0.2) is 0 Å². The van der Waals surface area contributed by atoms with Gasteiger partial charge in [0.1, 0.15) is 0 Å². The lowest BCUT2D eigenvalue weighted by Gasteiger charge is -2.09. The number of benzene rings is 1. The molecular formula is C18H24N2O. The van der Waals surface area contributed by atoms with Gasteiger partial charge < -0.3 is 0 Å². The number of aryl methyl sites for hydroxylation is 1. The summed E-state index contributed by atoms with van der Waals surface area (Å²) in [4.78, 5) is 11.9. The minimum Gasteiger partial charge on any atom is -0.265 e. The Bertz CT molecular complexity index is 558. The quantitative estimate of drug-likeness (QED) is 0.596. The largest absolute Gasteiger partial charge is 0.297 e. The number of unbranched alkanes of at least 4 members (excludes halogenated alkanes) is 5. The Labute approximate surface area is 127 Å². The van der Waals surface area contributed by atoms with Crippen LogP contribution in [0.15, 0.2) is 40.2 Å². The molecule has 0 unspecified atom stereocenters. The number of carbonyl (C=O) groups is 1. The Hall–Kier alpha value is -1.77. The lowest BCUT2D eigenvalue weighted by Crippen LogP contribution is -2.00. The van der Waals surface area contributed by atoms with Gasteiger partial charge in [-0.15, -0.1) is 5.11 Å². The van der Waals surface area contributed by atoms with Crippen LogP contribution in [0.5, 0.6) is 0 Å². The number of allylic oxidation sites excluding steroid dienone is 1. The van der Waals surface area contributed by atoms with Crippen molar-refractivity contribution < 1.29 is 4.79 Å². The Morgan fingerprint density at radius 2 is 1.67 bits per heavy atom. The maximum atomic E-state index is 11.9. The molecule has 0 aliphatic carbocycles. The SMILES string of the molecule is CCCCCCCCc1ccccc1C1=C(C)N=NC1=O. The molecule has 0 spiro atoms. The molecule has 0 saturated heterocycles. The summed E-state index contributed by atoms with van der Waals surface area (Å²) in [5.74, 6) is -0.206. The summed E-state index contributed by atoms with van der Waals surface area (Å²) in [6, 6.07) is 8.15. The first kappa shape index (κ1) is 15.6. The van der Waals surface area contributed by atoms with Crippen molar-refractivity contribution in [3.63, 3.8) is 0 Å². The van der Waals surface area contributed by atoms with E-state index in [1.165, 1.54) is 44.1 Å². The van der Waals surface area contributed by atoms with E-state index >= 15 is 0 Å². The van der Waals surface area contributed by atoms with Crippen LogP contribution in [0.3, 0.4) is 0 Å². The van der Waals surface area contributed by atoms with Crippen LogP contribution >= 0.6 is 0 Å². The third kappa shape index (κ3) is 4.10. The highest BCUT2D eigenvalue weighted by atomic mass is 16.2. The molecule has 1 aromatic carbocycles. The lowest BCUT2D eigenvalue weighted by molar-refractivity contribution is -0.112. The van der Waals surface area contributed by atoms with E-state index in [9.17, 15) is 4.79 Å². The predicted octanol–water partition coefficient (Wildman–Crippen LogP) is 5.31. The number of rotatable bonds is 8. The zero-order chi connectivity index (χ0) is 15.1. The molecule has 2 rings (SSSR count). The molecule has 0 bridgehead atoms. The minimum absolute atomic E-state index is 0.206. The maximum absolute atomic E-state index is 11.9. The topological polar surface area (TPSA) is 41.8 Å². The number of hydrogen-bond acceptors (Lipinski definition) is 2. The van der Waals surface area contributed by atoms with Crippen molar-refractivity contribution in [2.75, 3.05) is 0 Å². The smallest absolute Gasteiger partial charge is 0.265 e. The van der Waals surface area contributed by atoms with E-state index in [4.69, 9.17) is 0 Å². The van der Waals surface area contributed by atoms with Gasteiger partial charge in [0.05, 0.1) is 11.3 Å². The third-order valence-electron chi connectivity index (χ3n) is 3.95. The fraction of sp³-hybridized carbons (Fsp3) is 0.500. The number of azo groups is 1. The standard InChI is InChI=1S/C18H24N2O/c1-3-4-5-6-7-8-11-15-12-9-10-13-16(15)17-14(2)19-20-18(17)21/h9-10,12-13H,3-8,11H2,1-2H3. The van der Waals surface area contributed by atoms with Crippen LogP contribution in [0, 0.1) is 0 Å². The van der Waals surface area contributed by atoms with Gasteiger partial charge in [0.25, 0.3) is 5.91 Å². The monoisotopic (exact) mass is 284 g/mol. The fourth-order valence-electron chi connectivity index (χ4n) is 2.76. The zero-order valence-corrected chi connectivity index (χ0v) is 13.1. The first-order chi connectivity index (χ1) is 10.2. The molecule has 1 aliphatic heterocycles. The maximum Gasteiger partial charge on any atom is 0.297 e. The van der Waals surface area contributed by atoms with Crippen LogP contribution in [-0.4, -0.2) is 5.91 Å². The molecule has 0 atom stereocenters. The second-order valence-corrected chi connectivity index (χ2v) is 5.64. The highest BCUT2D eigenvalue weighted by Crippen LogP contribution is 2.29. The molecule has 21 heavy (non-hydrogen) atoms. The summed E-state index contributed by atoms with van der Waals surface area (Å²) < 4.78 is 0. The molecule has 1 heterocycles.